The third-order valence-corrected chi connectivity index (χ3v) is 3.01. The summed E-state index contributed by atoms with van der Waals surface area (Å²) in [4.78, 5) is 0. The molecule has 1 aromatic rings. The van der Waals surface area contributed by atoms with Gasteiger partial charge in [-0.25, -0.2) is 0 Å². The van der Waals surface area contributed by atoms with E-state index in [-0.39, 0.29) is 0 Å². The predicted molar refractivity (Wildman–Crippen MR) is 68.5 cm³/mol. The fourth-order valence-electron chi connectivity index (χ4n) is 1.80. The number of hydrogen-bond acceptors (Lipinski definition) is 2. The number of nitrogens with zero attached hydrogens (tertiary/aromatic N) is 2. The van der Waals surface area contributed by atoms with Gasteiger partial charge in [0.15, 0.2) is 0 Å². The van der Waals surface area contributed by atoms with E-state index in [4.69, 9.17) is 0 Å². The van der Waals surface area contributed by atoms with Crippen LogP contribution in [0.4, 0.5) is 0 Å². The quantitative estimate of drug-likeness (QED) is 0.719. The molecule has 92 valence electrons. The molecule has 3 heteroatoms. The molecule has 0 saturated heterocycles. The molecular formula is C13H25N3. The summed E-state index contributed by atoms with van der Waals surface area (Å²) in [5.74, 6) is 0. The van der Waals surface area contributed by atoms with Gasteiger partial charge in [0.05, 0.1) is 0 Å². The van der Waals surface area contributed by atoms with Gasteiger partial charge in [-0.15, -0.1) is 0 Å². The van der Waals surface area contributed by atoms with Crippen molar-refractivity contribution < 1.29 is 0 Å². The molecule has 1 aromatic heterocycles. The second-order valence-corrected chi connectivity index (χ2v) is 5.29. The topological polar surface area (TPSA) is 29.9 Å². The molecule has 0 bridgehead atoms. The number of nitrogens with one attached hydrogen (secondary N) is 1. The molecule has 0 spiro atoms. The summed E-state index contributed by atoms with van der Waals surface area (Å²) >= 11 is 0. The molecule has 0 radical (unpaired) electrons. The van der Waals surface area contributed by atoms with Crippen LogP contribution < -0.4 is 5.32 Å². The SMILES string of the molecule is CCCNCC(C)(C)CCc1ccnn1C. The maximum Gasteiger partial charge on any atom is 0.0492 e. The van der Waals surface area contributed by atoms with Crippen molar-refractivity contribution in [2.75, 3.05) is 13.1 Å². The van der Waals surface area contributed by atoms with Gasteiger partial charge in [0.25, 0.3) is 0 Å². The van der Waals surface area contributed by atoms with Crippen LogP contribution in [-0.4, -0.2) is 22.9 Å². The number of hydrogen-bond donors (Lipinski definition) is 1. The van der Waals surface area contributed by atoms with E-state index in [0.717, 1.165) is 19.5 Å². The van der Waals surface area contributed by atoms with Gasteiger partial charge >= 0.3 is 0 Å². The van der Waals surface area contributed by atoms with Crippen molar-refractivity contribution in [2.45, 2.75) is 40.0 Å². The van der Waals surface area contributed by atoms with Crippen LogP contribution in [0.5, 0.6) is 0 Å². The highest BCUT2D eigenvalue weighted by Gasteiger charge is 2.17. The predicted octanol–water partition coefficient (Wildman–Crippen LogP) is 2.38. The van der Waals surface area contributed by atoms with Crippen molar-refractivity contribution in [1.29, 1.82) is 0 Å². The van der Waals surface area contributed by atoms with E-state index in [1.807, 2.05) is 17.9 Å². The fraction of sp³-hybridized carbons (Fsp3) is 0.769. The molecule has 0 amide bonds. The number of aryl methyl sites for hydroxylation is 2. The minimum absolute atomic E-state index is 0.361. The van der Waals surface area contributed by atoms with Crippen molar-refractivity contribution in [3.8, 4) is 0 Å². The van der Waals surface area contributed by atoms with Crippen molar-refractivity contribution in [2.24, 2.45) is 12.5 Å². The maximum atomic E-state index is 4.19. The van der Waals surface area contributed by atoms with Crippen LogP contribution in [0.3, 0.4) is 0 Å². The van der Waals surface area contributed by atoms with E-state index in [9.17, 15) is 0 Å². The smallest absolute Gasteiger partial charge is 0.0492 e. The zero-order valence-corrected chi connectivity index (χ0v) is 11.1. The molecular weight excluding hydrogens is 198 g/mol. The minimum atomic E-state index is 0.361. The monoisotopic (exact) mass is 223 g/mol. The molecule has 0 aliphatic rings. The zero-order valence-electron chi connectivity index (χ0n) is 11.1. The molecule has 0 aliphatic heterocycles. The Kier molecular flexibility index (Phi) is 5.00. The fourth-order valence-corrected chi connectivity index (χ4v) is 1.80. The second-order valence-electron chi connectivity index (χ2n) is 5.29. The minimum Gasteiger partial charge on any atom is -0.316 e. The van der Waals surface area contributed by atoms with Gasteiger partial charge in [-0.2, -0.15) is 5.10 Å². The standard InChI is InChI=1S/C13H25N3/c1-5-9-14-11-13(2,3)8-6-12-7-10-15-16(12)4/h7,10,14H,5-6,8-9,11H2,1-4H3. The first-order valence-corrected chi connectivity index (χ1v) is 6.23. The zero-order chi connectivity index (χ0) is 12.0. The van der Waals surface area contributed by atoms with Crippen LogP contribution >= 0.6 is 0 Å². The van der Waals surface area contributed by atoms with Gasteiger partial charge in [-0.3, -0.25) is 4.68 Å². The van der Waals surface area contributed by atoms with E-state index in [2.05, 4.69) is 37.3 Å². The van der Waals surface area contributed by atoms with Gasteiger partial charge in [-0.1, -0.05) is 20.8 Å². The summed E-state index contributed by atoms with van der Waals surface area (Å²) in [5.41, 5.74) is 1.68. The highest BCUT2D eigenvalue weighted by molar-refractivity contribution is 5.00. The summed E-state index contributed by atoms with van der Waals surface area (Å²) in [7, 11) is 2.01. The van der Waals surface area contributed by atoms with Crippen molar-refractivity contribution >= 4 is 0 Å². The molecule has 0 atom stereocenters. The average molecular weight is 223 g/mol. The summed E-state index contributed by atoms with van der Waals surface area (Å²) in [6.07, 6.45) is 5.38. The molecule has 3 nitrogen and oxygen atoms in total. The Bertz CT molecular complexity index is 302. The summed E-state index contributed by atoms with van der Waals surface area (Å²) < 4.78 is 1.97. The third-order valence-electron chi connectivity index (χ3n) is 3.01. The van der Waals surface area contributed by atoms with E-state index in [1.54, 1.807) is 0 Å². The summed E-state index contributed by atoms with van der Waals surface area (Å²) in [6, 6.07) is 2.11. The van der Waals surface area contributed by atoms with E-state index < -0.39 is 0 Å². The van der Waals surface area contributed by atoms with Gasteiger partial charge < -0.3 is 5.32 Å². The molecule has 1 rings (SSSR count). The Morgan fingerprint density at radius 3 is 2.75 bits per heavy atom. The van der Waals surface area contributed by atoms with Crippen molar-refractivity contribution in [1.82, 2.24) is 15.1 Å². The molecule has 0 unspecified atom stereocenters. The number of aromatic nitrogens is 2. The number of rotatable bonds is 7. The second kappa shape index (κ2) is 6.04. The normalized spacial score (nSPS) is 12.0. The van der Waals surface area contributed by atoms with Crippen molar-refractivity contribution in [3.63, 3.8) is 0 Å². The molecule has 1 N–H and O–H groups in total. The Labute approximate surface area is 99.2 Å². The van der Waals surface area contributed by atoms with Crippen LogP contribution in [0.15, 0.2) is 12.3 Å². The molecule has 1 heterocycles. The lowest BCUT2D eigenvalue weighted by Crippen LogP contribution is -2.30. The Hall–Kier alpha value is -0.830. The van der Waals surface area contributed by atoms with Gasteiger partial charge in [0.2, 0.25) is 0 Å². The van der Waals surface area contributed by atoms with Crippen LogP contribution in [0.2, 0.25) is 0 Å². The first-order valence-electron chi connectivity index (χ1n) is 6.23. The Morgan fingerprint density at radius 2 is 2.19 bits per heavy atom. The Balaban J connectivity index is 2.33. The lowest BCUT2D eigenvalue weighted by molar-refractivity contribution is 0.312. The lowest BCUT2D eigenvalue weighted by Gasteiger charge is -2.25. The van der Waals surface area contributed by atoms with Gasteiger partial charge in [-0.05, 0) is 37.3 Å². The highest BCUT2D eigenvalue weighted by Crippen LogP contribution is 2.21. The van der Waals surface area contributed by atoms with Crippen LogP contribution in [0.25, 0.3) is 0 Å². The van der Waals surface area contributed by atoms with Crippen LogP contribution in [0, 0.1) is 5.41 Å². The summed E-state index contributed by atoms with van der Waals surface area (Å²) in [5, 5.41) is 7.69. The van der Waals surface area contributed by atoms with Crippen LogP contribution in [0.1, 0.15) is 39.3 Å². The molecule has 0 aromatic carbocycles. The lowest BCUT2D eigenvalue weighted by atomic mass is 9.87. The summed E-state index contributed by atoms with van der Waals surface area (Å²) in [6.45, 7) is 9.07. The van der Waals surface area contributed by atoms with E-state index >= 15 is 0 Å². The highest BCUT2D eigenvalue weighted by atomic mass is 15.2. The van der Waals surface area contributed by atoms with E-state index in [1.165, 1.54) is 18.5 Å². The maximum absolute atomic E-state index is 4.19. The van der Waals surface area contributed by atoms with Crippen LogP contribution in [-0.2, 0) is 13.5 Å². The molecule has 16 heavy (non-hydrogen) atoms. The van der Waals surface area contributed by atoms with Gasteiger partial charge in [0.1, 0.15) is 0 Å². The first kappa shape index (κ1) is 13.2. The van der Waals surface area contributed by atoms with E-state index in [0.29, 0.717) is 5.41 Å². The molecule has 0 fully saturated rings. The first-order chi connectivity index (χ1) is 7.55. The van der Waals surface area contributed by atoms with Crippen molar-refractivity contribution in [3.05, 3.63) is 18.0 Å². The third kappa shape index (κ3) is 4.35. The van der Waals surface area contributed by atoms with Gasteiger partial charge in [0, 0.05) is 25.5 Å². The molecule has 0 saturated carbocycles. The average Bonchev–Trinajstić information content (AvgIpc) is 2.62. The Morgan fingerprint density at radius 1 is 1.44 bits per heavy atom. The largest absolute Gasteiger partial charge is 0.316 e. The molecule has 0 aliphatic carbocycles.